The average molecular weight is 429 g/mol. The maximum absolute atomic E-state index is 13.1. The topological polar surface area (TPSA) is 83.9 Å². The van der Waals surface area contributed by atoms with Crippen LogP contribution in [0.1, 0.15) is 24.3 Å². The highest BCUT2D eigenvalue weighted by Crippen LogP contribution is 2.43. The zero-order valence-electron chi connectivity index (χ0n) is 15.1. The maximum atomic E-state index is 13.1. The van der Waals surface area contributed by atoms with Crippen LogP contribution in [0.3, 0.4) is 0 Å². The highest BCUT2D eigenvalue weighted by Gasteiger charge is 2.37. The second kappa shape index (κ2) is 7.94. The fourth-order valence-electron chi connectivity index (χ4n) is 3.23. The Morgan fingerprint density at radius 3 is 2.48 bits per heavy atom. The number of nitrogens with zero attached hydrogens (tertiary/aromatic N) is 1. The fraction of sp³-hybridized carbons (Fsp3) is 0.316. The SMILES string of the molecule is O=C(O)CCC1CN(S(=O)(=O)c2ccccc2)c2ccc(OCC(F)(F)F)cc21. The van der Waals surface area contributed by atoms with Crippen molar-refractivity contribution in [2.75, 3.05) is 17.5 Å². The lowest BCUT2D eigenvalue weighted by Gasteiger charge is -2.20. The van der Waals surface area contributed by atoms with Crippen molar-refractivity contribution in [2.24, 2.45) is 0 Å². The number of hydrogen-bond acceptors (Lipinski definition) is 4. The molecular weight excluding hydrogens is 411 g/mol. The van der Waals surface area contributed by atoms with Crippen molar-refractivity contribution in [3.05, 3.63) is 54.1 Å². The summed E-state index contributed by atoms with van der Waals surface area (Å²) in [5, 5.41) is 8.97. The quantitative estimate of drug-likeness (QED) is 0.724. The molecule has 1 aliphatic rings. The molecule has 10 heteroatoms. The van der Waals surface area contributed by atoms with E-state index in [1.54, 1.807) is 18.2 Å². The number of rotatable bonds is 7. The zero-order chi connectivity index (χ0) is 21.2. The Balaban J connectivity index is 1.96. The molecule has 0 bridgehead atoms. The molecule has 156 valence electrons. The molecule has 6 nitrogen and oxygen atoms in total. The second-order valence-corrected chi connectivity index (χ2v) is 8.47. The summed E-state index contributed by atoms with van der Waals surface area (Å²) in [6.45, 7) is -1.47. The summed E-state index contributed by atoms with van der Waals surface area (Å²) in [6, 6.07) is 11.8. The van der Waals surface area contributed by atoms with Gasteiger partial charge in [0.05, 0.1) is 10.6 Å². The average Bonchev–Trinajstić information content (AvgIpc) is 3.03. The Morgan fingerprint density at radius 2 is 1.86 bits per heavy atom. The van der Waals surface area contributed by atoms with Crippen LogP contribution in [0.4, 0.5) is 18.9 Å². The minimum Gasteiger partial charge on any atom is -0.484 e. The van der Waals surface area contributed by atoms with E-state index in [4.69, 9.17) is 9.84 Å². The van der Waals surface area contributed by atoms with Gasteiger partial charge in [-0.05, 0) is 42.3 Å². The van der Waals surface area contributed by atoms with Crippen LogP contribution in [0.2, 0.25) is 0 Å². The van der Waals surface area contributed by atoms with Gasteiger partial charge in [-0.15, -0.1) is 0 Å². The van der Waals surface area contributed by atoms with Crippen molar-refractivity contribution in [2.45, 2.75) is 29.8 Å². The van der Waals surface area contributed by atoms with Crippen LogP contribution < -0.4 is 9.04 Å². The fourth-order valence-corrected chi connectivity index (χ4v) is 4.79. The summed E-state index contributed by atoms with van der Waals surface area (Å²) in [6.07, 6.45) is -4.56. The van der Waals surface area contributed by atoms with Gasteiger partial charge in [0, 0.05) is 18.9 Å². The molecule has 2 aromatic carbocycles. The van der Waals surface area contributed by atoms with Gasteiger partial charge in [-0.1, -0.05) is 18.2 Å². The number of aliphatic carboxylic acids is 1. The van der Waals surface area contributed by atoms with E-state index >= 15 is 0 Å². The maximum Gasteiger partial charge on any atom is 0.422 e. The highest BCUT2D eigenvalue weighted by molar-refractivity contribution is 7.92. The number of fused-ring (bicyclic) bond motifs is 1. The monoisotopic (exact) mass is 429 g/mol. The Hall–Kier alpha value is -2.75. The predicted molar refractivity (Wildman–Crippen MR) is 98.6 cm³/mol. The molecule has 0 aromatic heterocycles. The molecule has 0 aliphatic carbocycles. The highest BCUT2D eigenvalue weighted by atomic mass is 32.2. The van der Waals surface area contributed by atoms with E-state index in [-0.39, 0.29) is 30.0 Å². The Morgan fingerprint density at radius 1 is 1.17 bits per heavy atom. The van der Waals surface area contributed by atoms with Crippen LogP contribution >= 0.6 is 0 Å². The minimum absolute atomic E-state index is 0.00254. The van der Waals surface area contributed by atoms with Crippen molar-refractivity contribution in [3.63, 3.8) is 0 Å². The van der Waals surface area contributed by atoms with Crippen LogP contribution in [0.5, 0.6) is 5.75 Å². The summed E-state index contributed by atoms with van der Waals surface area (Å²) < 4.78 is 69.3. The summed E-state index contributed by atoms with van der Waals surface area (Å²) >= 11 is 0. The Kier molecular flexibility index (Phi) is 5.74. The third-order valence-electron chi connectivity index (χ3n) is 4.53. The largest absolute Gasteiger partial charge is 0.484 e. The first-order valence-electron chi connectivity index (χ1n) is 8.71. The van der Waals surface area contributed by atoms with Crippen LogP contribution in [0.15, 0.2) is 53.4 Å². The van der Waals surface area contributed by atoms with Crippen LogP contribution in [0, 0.1) is 0 Å². The first-order chi connectivity index (χ1) is 13.6. The number of ether oxygens (including phenoxy) is 1. The first kappa shape index (κ1) is 21.0. The van der Waals surface area contributed by atoms with E-state index < -0.39 is 34.7 Å². The number of carboxylic acids is 1. The van der Waals surface area contributed by atoms with Crippen LogP contribution in [-0.4, -0.2) is 38.8 Å². The van der Waals surface area contributed by atoms with Gasteiger partial charge in [-0.25, -0.2) is 8.42 Å². The standard InChI is InChI=1S/C19H18F3NO5S/c20-19(21,22)12-28-14-7-8-17-16(10-14)13(6-9-18(24)25)11-23(17)29(26,27)15-4-2-1-3-5-15/h1-5,7-8,10,13H,6,9,11-12H2,(H,24,25). The number of benzene rings is 2. The van der Waals surface area contributed by atoms with E-state index in [0.717, 1.165) is 4.31 Å². The van der Waals surface area contributed by atoms with Gasteiger partial charge in [0.25, 0.3) is 10.0 Å². The first-order valence-corrected chi connectivity index (χ1v) is 10.1. The third-order valence-corrected chi connectivity index (χ3v) is 6.33. The van der Waals surface area contributed by atoms with Gasteiger partial charge >= 0.3 is 12.1 Å². The molecular formula is C19H18F3NO5S. The molecule has 0 saturated heterocycles. The van der Waals surface area contributed by atoms with Gasteiger partial charge in [0.15, 0.2) is 6.61 Å². The predicted octanol–water partition coefficient (Wildman–Crippen LogP) is 3.79. The van der Waals surface area contributed by atoms with E-state index in [2.05, 4.69) is 0 Å². The summed E-state index contributed by atoms with van der Waals surface area (Å²) in [5.74, 6) is -1.57. The molecule has 0 radical (unpaired) electrons. The number of carbonyl (C=O) groups is 1. The van der Waals surface area contributed by atoms with Crippen molar-refractivity contribution >= 4 is 21.7 Å². The summed E-state index contributed by atoms with van der Waals surface area (Å²) in [5.41, 5.74) is 0.758. The van der Waals surface area contributed by atoms with E-state index in [0.29, 0.717) is 11.3 Å². The number of sulfonamides is 1. The minimum atomic E-state index is -4.51. The Bertz CT molecular complexity index is 993. The number of anilines is 1. The molecule has 1 unspecified atom stereocenters. The molecule has 3 rings (SSSR count). The van der Waals surface area contributed by atoms with Crippen molar-refractivity contribution in [1.82, 2.24) is 0 Å². The van der Waals surface area contributed by atoms with Gasteiger partial charge in [0.1, 0.15) is 5.75 Å². The van der Waals surface area contributed by atoms with Gasteiger partial charge < -0.3 is 9.84 Å². The number of hydrogen-bond donors (Lipinski definition) is 1. The van der Waals surface area contributed by atoms with Gasteiger partial charge in [-0.3, -0.25) is 9.10 Å². The molecule has 2 aromatic rings. The number of alkyl halides is 3. The summed E-state index contributed by atoms with van der Waals surface area (Å²) in [7, 11) is -3.91. The van der Waals surface area contributed by atoms with Crippen molar-refractivity contribution in [1.29, 1.82) is 0 Å². The lowest BCUT2D eigenvalue weighted by Crippen LogP contribution is -2.30. The molecule has 1 aliphatic heterocycles. The third kappa shape index (κ3) is 4.81. The van der Waals surface area contributed by atoms with Gasteiger partial charge in [-0.2, -0.15) is 13.2 Å². The molecule has 0 saturated carbocycles. The molecule has 0 amide bonds. The molecule has 0 fully saturated rings. The smallest absolute Gasteiger partial charge is 0.422 e. The summed E-state index contributed by atoms with van der Waals surface area (Å²) in [4.78, 5) is 11.0. The molecule has 1 atom stereocenters. The van der Waals surface area contributed by atoms with Crippen molar-refractivity contribution in [3.8, 4) is 5.75 Å². The molecule has 1 heterocycles. The number of halogens is 3. The normalized spacial score (nSPS) is 16.5. The van der Waals surface area contributed by atoms with Crippen molar-refractivity contribution < 1.29 is 36.2 Å². The van der Waals surface area contributed by atoms with Crippen LogP contribution in [-0.2, 0) is 14.8 Å². The van der Waals surface area contributed by atoms with E-state index in [1.165, 1.54) is 30.3 Å². The lowest BCUT2D eigenvalue weighted by atomic mass is 9.96. The van der Waals surface area contributed by atoms with Crippen LogP contribution in [0.25, 0.3) is 0 Å². The second-order valence-electron chi connectivity index (χ2n) is 6.60. The number of carboxylic acid groups (broad SMARTS) is 1. The van der Waals surface area contributed by atoms with E-state index in [9.17, 15) is 26.4 Å². The van der Waals surface area contributed by atoms with Gasteiger partial charge in [0.2, 0.25) is 0 Å². The zero-order valence-corrected chi connectivity index (χ0v) is 15.9. The molecule has 29 heavy (non-hydrogen) atoms. The lowest BCUT2D eigenvalue weighted by molar-refractivity contribution is -0.153. The van der Waals surface area contributed by atoms with E-state index in [1.807, 2.05) is 0 Å². The molecule has 1 N–H and O–H groups in total. The Labute approximate surface area is 165 Å². The molecule has 0 spiro atoms.